The molecule has 1 aliphatic heterocycles. The Kier molecular flexibility index (Phi) is 28.3. The maximum absolute atomic E-state index is 12.0. The zero-order valence-electron chi connectivity index (χ0n) is 25.2. The standard InChI is InChI=1S/C21H36N4O7.3C2H6/c1-3-5-28-7-9-30-11-13-32-14-12-31-10-8-29-6-4-24-16-19(22-23-24)17-25-20(26)15-18(2)21(25)27;3*1-2/h16,18H,3-15,17H2,1-2H3;3*1-2H3. The number of imide groups is 1. The Bertz CT molecular complexity index is 674. The van der Waals surface area contributed by atoms with Gasteiger partial charge in [0.1, 0.15) is 5.69 Å². The van der Waals surface area contributed by atoms with Crippen molar-refractivity contribution in [2.45, 2.75) is 81.3 Å². The zero-order chi connectivity index (χ0) is 29.0. The average molecular weight is 547 g/mol. The number of hydrogen-bond acceptors (Lipinski definition) is 9. The molecule has 0 radical (unpaired) electrons. The Morgan fingerprint density at radius 2 is 1.21 bits per heavy atom. The van der Waals surface area contributed by atoms with E-state index in [1.165, 1.54) is 4.90 Å². The van der Waals surface area contributed by atoms with E-state index in [-0.39, 0.29) is 30.7 Å². The topological polar surface area (TPSA) is 114 Å². The maximum Gasteiger partial charge on any atom is 0.232 e. The van der Waals surface area contributed by atoms with Gasteiger partial charge >= 0.3 is 0 Å². The van der Waals surface area contributed by atoms with E-state index in [4.69, 9.17) is 23.7 Å². The molecule has 1 fully saturated rings. The molecule has 0 spiro atoms. The number of carbonyl (C=O) groups is 2. The van der Waals surface area contributed by atoms with E-state index in [0.29, 0.717) is 71.7 Å². The Labute approximate surface area is 230 Å². The van der Waals surface area contributed by atoms with E-state index in [0.717, 1.165) is 13.0 Å². The monoisotopic (exact) mass is 546 g/mol. The van der Waals surface area contributed by atoms with Crippen LogP contribution in [0.25, 0.3) is 0 Å². The van der Waals surface area contributed by atoms with Gasteiger partial charge in [0.05, 0.1) is 78.7 Å². The van der Waals surface area contributed by atoms with Crippen molar-refractivity contribution in [3.8, 4) is 0 Å². The fourth-order valence-corrected chi connectivity index (χ4v) is 2.98. The molecule has 0 aliphatic carbocycles. The molecule has 1 unspecified atom stereocenters. The van der Waals surface area contributed by atoms with Crippen LogP contribution < -0.4 is 0 Å². The Morgan fingerprint density at radius 1 is 0.763 bits per heavy atom. The second-order valence-electron chi connectivity index (χ2n) is 7.46. The second-order valence-corrected chi connectivity index (χ2v) is 7.46. The molecule has 11 heteroatoms. The molecule has 1 atom stereocenters. The summed E-state index contributed by atoms with van der Waals surface area (Å²) in [6.07, 6.45) is 3.00. The van der Waals surface area contributed by atoms with Crippen LogP contribution in [0.3, 0.4) is 0 Å². The first kappa shape index (κ1) is 38.2. The molecule has 1 aromatic rings. The van der Waals surface area contributed by atoms with Crippen LogP contribution in [0.4, 0.5) is 0 Å². The van der Waals surface area contributed by atoms with Crippen LogP contribution in [0.15, 0.2) is 6.20 Å². The van der Waals surface area contributed by atoms with Gasteiger partial charge in [-0.1, -0.05) is 60.6 Å². The van der Waals surface area contributed by atoms with E-state index in [1.54, 1.807) is 17.8 Å². The van der Waals surface area contributed by atoms with Crippen molar-refractivity contribution in [1.29, 1.82) is 0 Å². The lowest BCUT2D eigenvalue weighted by Gasteiger charge is -2.11. The smallest absolute Gasteiger partial charge is 0.232 e. The summed E-state index contributed by atoms with van der Waals surface area (Å²) in [5, 5.41) is 8.03. The maximum atomic E-state index is 12.0. The molecule has 1 saturated heterocycles. The third-order valence-corrected chi connectivity index (χ3v) is 4.68. The number of amides is 2. The highest BCUT2D eigenvalue weighted by atomic mass is 16.6. The molecule has 2 amide bonds. The number of carbonyl (C=O) groups excluding carboxylic acids is 2. The van der Waals surface area contributed by atoms with Crippen molar-refractivity contribution in [2.24, 2.45) is 5.92 Å². The summed E-state index contributed by atoms with van der Waals surface area (Å²) in [4.78, 5) is 25.1. The van der Waals surface area contributed by atoms with E-state index < -0.39 is 0 Å². The predicted molar refractivity (Wildman–Crippen MR) is 148 cm³/mol. The minimum absolute atomic E-state index is 0.153. The van der Waals surface area contributed by atoms with Crippen molar-refractivity contribution >= 4 is 11.8 Å². The second kappa shape index (κ2) is 28.1. The Hall–Kier alpha value is -1.92. The number of hydrogen-bond donors (Lipinski definition) is 0. The molecule has 2 heterocycles. The van der Waals surface area contributed by atoms with Gasteiger partial charge in [-0.2, -0.15) is 0 Å². The summed E-state index contributed by atoms with van der Waals surface area (Å²) in [6, 6.07) is 0. The third-order valence-electron chi connectivity index (χ3n) is 4.68. The molecule has 38 heavy (non-hydrogen) atoms. The quantitative estimate of drug-likeness (QED) is 0.189. The van der Waals surface area contributed by atoms with Gasteiger partial charge in [-0.05, 0) is 6.42 Å². The molecule has 224 valence electrons. The van der Waals surface area contributed by atoms with Crippen molar-refractivity contribution in [2.75, 3.05) is 66.1 Å². The summed E-state index contributed by atoms with van der Waals surface area (Å²) in [6.45, 7) is 22.0. The molecule has 1 aromatic heterocycles. The molecule has 2 rings (SSSR count). The molecule has 1 aliphatic rings. The first-order valence-electron chi connectivity index (χ1n) is 14.2. The fraction of sp³-hybridized carbons (Fsp3) is 0.852. The van der Waals surface area contributed by atoms with E-state index in [2.05, 4.69) is 17.2 Å². The van der Waals surface area contributed by atoms with Gasteiger partial charge in [-0.3, -0.25) is 14.5 Å². The van der Waals surface area contributed by atoms with Crippen LogP contribution in [-0.4, -0.2) is 97.8 Å². The van der Waals surface area contributed by atoms with Gasteiger partial charge in [-0.25, -0.2) is 4.68 Å². The van der Waals surface area contributed by atoms with E-state index in [1.807, 2.05) is 41.5 Å². The van der Waals surface area contributed by atoms with Crippen molar-refractivity contribution in [3.05, 3.63) is 11.9 Å². The lowest BCUT2D eigenvalue weighted by molar-refractivity contribution is -0.140. The molecule has 0 saturated carbocycles. The minimum atomic E-state index is -0.255. The van der Waals surface area contributed by atoms with Crippen molar-refractivity contribution in [1.82, 2.24) is 19.9 Å². The summed E-state index contributed by atoms with van der Waals surface area (Å²) in [5.74, 6) is -0.569. The number of nitrogens with zero attached hydrogens (tertiary/aromatic N) is 4. The highest BCUT2D eigenvalue weighted by Gasteiger charge is 2.35. The fourth-order valence-electron chi connectivity index (χ4n) is 2.98. The molecular weight excluding hydrogens is 492 g/mol. The lowest BCUT2D eigenvalue weighted by atomic mass is 10.1. The van der Waals surface area contributed by atoms with Crippen molar-refractivity contribution < 1.29 is 33.3 Å². The largest absolute Gasteiger partial charge is 0.379 e. The Morgan fingerprint density at radius 3 is 1.63 bits per heavy atom. The van der Waals surface area contributed by atoms with Crippen LogP contribution in [0.2, 0.25) is 0 Å². The number of rotatable bonds is 19. The molecule has 11 nitrogen and oxygen atoms in total. The summed E-state index contributed by atoms with van der Waals surface area (Å²) < 4.78 is 28.7. The van der Waals surface area contributed by atoms with Gasteiger partial charge in [0, 0.05) is 18.9 Å². The first-order valence-corrected chi connectivity index (χ1v) is 14.2. The summed E-state index contributed by atoms with van der Waals surface area (Å²) >= 11 is 0. The lowest BCUT2D eigenvalue weighted by Crippen LogP contribution is -2.29. The Balaban J connectivity index is 0. The minimum Gasteiger partial charge on any atom is -0.379 e. The average Bonchev–Trinajstić information content (AvgIpc) is 3.50. The van der Waals surface area contributed by atoms with Gasteiger partial charge in [0.15, 0.2) is 0 Å². The van der Waals surface area contributed by atoms with Crippen LogP contribution in [0.5, 0.6) is 0 Å². The number of likely N-dealkylation sites (tertiary alicyclic amines) is 1. The van der Waals surface area contributed by atoms with Crippen LogP contribution >= 0.6 is 0 Å². The molecule has 0 bridgehead atoms. The SMILES string of the molecule is CC.CC.CC.CCCOCCOCCOCCOCCOCCn1cc(CN2C(=O)CC(C)C2=O)nn1. The van der Waals surface area contributed by atoms with E-state index in [9.17, 15) is 9.59 Å². The van der Waals surface area contributed by atoms with Crippen LogP contribution in [-0.2, 0) is 46.4 Å². The van der Waals surface area contributed by atoms with Crippen LogP contribution in [0, 0.1) is 5.92 Å². The van der Waals surface area contributed by atoms with Gasteiger partial charge in [0.25, 0.3) is 0 Å². The highest BCUT2D eigenvalue weighted by molar-refractivity contribution is 6.03. The van der Waals surface area contributed by atoms with Gasteiger partial charge in [-0.15, -0.1) is 5.10 Å². The summed E-state index contributed by atoms with van der Waals surface area (Å²) in [7, 11) is 0. The molecule has 0 N–H and O–H groups in total. The molecular formula is C27H54N4O7. The van der Waals surface area contributed by atoms with E-state index >= 15 is 0 Å². The third kappa shape index (κ3) is 18.4. The van der Waals surface area contributed by atoms with Crippen molar-refractivity contribution in [3.63, 3.8) is 0 Å². The number of ether oxygens (including phenoxy) is 5. The highest BCUT2D eigenvalue weighted by Crippen LogP contribution is 2.20. The summed E-state index contributed by atoms with van der Waals surface area (Å²) in [5.41, 5.74) is 0.583. The normalized spacial score (nSPS) is 14.3. The van der Waals surface area contributed by atoms with Gasteiger partial charge in [0.2, 0.25) is 11.8 Å². The van der Waals surface area contributed by atoms with Gasteiger partial charge < -0.3 is 23.7 Å². The predicted octanol–water partition coefficient (Wildman–Crippen LogP) is 3.74. The molecule has 0 aromatic carbocycles. The zero-order valence-corrected chi connectivity index (χ0v) is 25.2. The first-order chi connectivity index (χ1) is 18.6. The number of aromatic nitrogens is 3. The van der Waals surface area contributed by atoms with Crippen LogP contribution in [0.1, 0.15) is 73.9 Å².